The zero-order valence-corrected chi connectivity index (χ0v) is 12.4. The Morgan fingerprint density at radius 2 is 2.00 bits per heavy atom. The topological polar surface area (TPSA) is 30.5 Å². The number of anilines is 1. The zero-order valence-electron chi connectivity index (χ0n) is 12.4. The van der Waals surface area contributed by atoms with Crippen LogP contribution >= 0.6 is 0 Å². The van der Waals surface area contributed by atoms with E-state index in [1.54, 1.807) is 14.2 Å². The normalized spacial score (nSPS) is 28.4. The average molecular weight is 273 g/mol. The van der Waals surface area contributed by atoms with Gasteiger partial charge in [0.25, 0.3) is 0 Å². The molecule has 4 unspecified atom stereocenters. The summed E-state index contributed by atoms with van der Waals surface area (Å²) < 4.78 is 10.7. The number of hydrogen-bond donors (Lipinski definition) is 1. The minimum Gasteiger partial charge on any atom is -0.497 e. The molecule has 1 N–H and O–H groups in total. The average Bonchev–Trinajstić information content (AvgIpc) is 3.09. The van der Waals surface area contributed by atoms with E-state index in [0.29, 0.717) is 6.04 Å². The molecule has 0 spiro atoms. The Kier molecular flexibility index (Phi) is 3.60. The summed E-state index contributed by atoms with van der Waals surface area (Å²) in [6, 6.07) is 6.33. The molecule has 1 saturated carbocycles. The fourth-order valence-electron chi connectivity index (χ4n) is 3.68. The van der Waals surface area contributed by atoms with E-state index in [2.05, 4.69) is 24.4 Å². The van der Waals surface area contributed by atoms with Crippen molar-refractivity contribution >= 4 is 5.69 Å². The molecule has 2 bridgehead atoms. The van der Waals surface area contributed by atoms with Crippen molar-refractivity contribution in [2.75, 3.05) is 19.5 Å². The highest BCUT2D eigenvalue weighted by atomic mass is 16.5. The van der Waals surface area contributed by atoms with Crippen LogP contribution in [0.1, 0.15) is 19.8 Å². The summed E-state index contributed by atoms with van der Waals surface area (Å²) in [5.74, 6) is 4.01. The highest BCUT2D eigenvalue weighted by Gasteiger charge is 2.38. The quantitative estimate of drug-likeness (QED) is 0.829. The molecular weight excluding hydrogens is 250 g/mol. The van der Waals surface area contributed by atoms with Gasteiger partial charge in [0, 0.05) is 12.1 Å². The molecule has 20 heavy (non-hydrogen) atoms. The van der Waals surface area contributed by atoms with Gasteiger partial charge in [0.05, 0.1) is 19.9 Å². The van der Waals surface area contributed by atoms with Crippen LogP contribution < -0.4 is 14.8 Å². The molecule has 0 aromatic heterocycles. The van der Waals surface area contributed by atoms with E-state index in [1.165, 1.54) is 12.8 Å². The van der Waals surface area contributed by atoms with Crippen LogP contribution in [0.5, 0.6) is 11.5 Å². The summed E-state index contributed by atoms with van der Waals surface area (Å²) in [6.45, 7) is 2.28. The molecule has 108 valence electrons. The molecule has 0 aliphatic heterocycles. The number of hydrogen-bond acceptors (Lipinski definition) is 3. The van der Waals surface area contributed by atoms with Crippen molar-refractivity contribution in [3.63, 3.8) is 0 Å². The van der Waals surface area contributed by atoms with Gasteiger partial charge in [-0.1, -0.05) is 12.2 Å². The first-order valence-corrected chi connectivity index (χ1v) is 7.38. The molecular formula is C17H23NO2. The Bertz CT molecular complexity index is 512. The first kappa shape index (κ1) is 13.3. The molecule has 0 radical (unpaired) electrons. The van der Waals surface area contributed by atoms with E-state index in [-0.39, 0.29) is 0 Å². The molecule has 3 rings (SSSR count). The van der Waals surface area contributed by atoms with Gasteiger partial charge in [-0.05, 0) is 49.7 Å². The van der Waals surface area contributed by atoms with Crippen molar-refractivity contribution in [2.24, 2.45) is 17.8 Å². The van der Waals surface area contributed by atoms with Gasteiger partial charge in [-0.3, -0.25) is 0 Å². The predicted octanol–water partition coefficient (Wildman–Crippen LogP) is 3.72. The summed E-state index contributed by atoms with van der Waals surface area (Å²) in [7, 11) is 3.40. The SMILES string of the molecule is COc1ccc(OC)c(NC(C)C2CC3C=CC2C3)c1. The summed E-state index contributed by atoms with van der Waals surface area (Å²) in [5.41, 5.74) is 1.02. The molecule has 1 aromatic rings. The molecule has 0 amide bonds. The van der Waals surface area contributed by atoms with E-state index in [0.717, 1.165) is 34.9 Å². The van der Waals surface area contributed by atoms with Crippen molar-refractivity contribution in [1.29, 1.82) is 0 Å². The van der Waals surface area contributed by atoms with Crippen molar-refractivity contribution in [3.05, 3.63) is 30.4 Å². The summed E-state index contributed by atoms with van der Waals surface area (Å²) in [5, 5.41) is 3.62. The van der Waals surface area contributed by atoms with Gasteiger partial charge in [0.1, 0.15) is 11.5 Å². The third kappa shape index (κ3) is 2.37. The monoisotopic (exact) mass is 273 g/mol. The van der Waals surface area contributed by atoms with E-state index >= 15 is 0 Å². The minimum atomic E-state index is 0.441. The Morgan fingerprint density at radius 3 is 2.60 bits per heavy atom. The molecule has 3 heteroatoms. The number of allylic oxidation sites excluding steroid dienone is 2. The van der Waals surface area contributed by atoms with E-state index in [4.69, 9.17) is 9.47 Å². The highest BCUT2D eigenvalue weighted by molar-refractivity contribution is 5.60. The fraction of sp³-hybridized carbons (Fsp3) is 0.529. The fourth-order valence-corrected chi connectivity index (χ4v) is 3.68. The minimum absolute atomic E-state index is 0.441. The molecule has 3 nitrogen and oxygen atoms in total. The molecule has 0 heterocycles. The van der Waals surface area contributed by atoms with Crippen molar-refractivity contribution in [3.8, 4) is 11.5 Å². The molecule has 2 aliphatic rings. The maximum absolute atomic E-state index is 5.44. The van der Waals surface area contributed by atoms with Crippen molar-refractivity contribution in [2.45, 2.75) is 25.8 Å². The van der Waals surface area contributed by atoms with Gasteiger partial charge < -0.3 is 14.8 Å². The third-order valence-corrected chi connectivity index (χ3v) is 4.76. The van der Waals surface area contributed by atoms with Crippen LogP contribution in [0.25, 0.3) is 0 Å². The second-order valence-electron chi connectivity index (χ2n) is 5.94. The Balaban J connectivity index is 1.75. The summed E-state index contributed by atoms with van der Waals surface area (Å²) in [6.07, 6.45) is 7.44. The summed E-state index contributed by atoms with van der Waals surface area (Å²) in [4.78, 5) is 0. The maximum Gasteiger partial charge on any atom is 0.142 e. The van der Waals surface area contributed by atoms with Crippen molar-refractivity contribution < 1.29 is 9.47 Å². The number of nitrogens with one attached hydrogen (secondary N) is 1. The van der Waals surface area contributed by atoms with Crippen LogP contribution in [0.15, 0.2) is 30.4 Å². The van der Waals surface area contributed by atoms with Crippen LogP contribution in [0.2, 0.25) is 0 Å². The number of ether oxygens (including phenoxy) is 2. The van der Waals surface area contributed by atoms with E-state index < -0.39 is 0 Å². The summed E-state index contributed by atoms with van der Waals surface area (Å²) >= 11 is 0. The number of methoxy groups -OCH3 is 2. The van der Waals surface area contributed by atoms with Gasteiger partial charge in [-0.25, -0.2) is 0 Å². The Morgan fingerprint density at radius 1 is 1.15 bits per heavy atom. The lowest BCUT2D eigenvalue weighted by Gasteiger charge is -2.27. The van der Waals surface area contributed by atoms with Crippen LogP contribution in [0, 0.1) is 17.8 Å². The van der Waals surface area contributed by atoms with E-state index in [1.807, 2.05) is 18.2 Å². The first-order chi connectivity index (χ1) is 9.71. The number of benzene rings is 1. The maximum atomic E-state index is 5.44. The van der Waals surface area contributed by atoms with Gasteiger partial charge in [0.2, 0.25) is 0 Å². The molecule has 1 aromatic carbocycles. The van der Waals surface area contributed by atoms with Gasteiger partial charge in [-0.2, -0.15) is 0 Å². The Hall–Kier alpha value is -1.64. The van der Waals surface area contributed by atoms with Crippen LogP contribution in [-0.4, -0.2) is 20.3 Å². The van der Waals surface area contributed by atoms with Crippen LogP contribution in [-0.2, 0) is 0 Å². The number of rotatable bonds is 5. The highest BCUT2D eigenvalue weighted by Crippen LogP contribution is 2.45. The lowest BCUT2D eigenvalue weighted by molar-refractivity contribution is 0.390. The van der Waals surface area contributed by atoms with E-state index in [9.17, 15) is 0 Å². The van der Waals surface area contributed by atoms with Crippen LogP contribution in [0.3, 0.4) is 0 Å². The lowest BCUT2D eigenvalue weighted by Crippen LogP contribution is -2.29. The molecule has 1 fully saturated rings. The van der Waals surface area contributed by atoms with Crippen molar-refractivity contribution in [1.82, 2.24) is 0 Å². The number of fused-ring (bicyclic) bond motifs is 2. The molecule has 2 aliphatic carbocycles. The standard InChI is InChI=1S/C17H23NO2/c1-11(15-9-12-4-5-13(15)8-12)18-16-10-14(19-2)6-7-17(16)20-3/h4-7,10-13,15,18H,8-9H2,1-3H3. The Labute approximate surface area is 121 Å². The van der Waals surface area contributed by atoms with Crippen LogP contribution in [0.4, 0.5) is 5.69 Å². The second-order valence-corrected chi connectivity index (χ2v) is 5.94. The van der Waals surface area contributed by atoms with Gasteiger partial charge in [0.15, 0.2) is 0 Å². The predicted molar refractivity (Wildman–Crippen MR) is 81.5 cm³/mol. The zero-order chi connectivity index (χ0) is 14.1. The van der Waals surface area contributed by atoms with Gasteiger partial charge in [-0.15, -0.1) is 0 Å². The largest absolute Gasteiger partial charge is 0.497 e. The smallest absolute Gasteiger partial charge is 0.142 e. The lowest BCUT2D eigenvalue weighted by atomic mass is 9.87. The van der Waals surface area contributed by atoms with Gasteiger partial charge >= 0.3 is 0 Å². The first-order valence-electron chi connectivity index (χ1n) is 7.38. The third-order valence-electron chi connectivity index (χ3n) is 4.76. The molecule has 4 atom stereocenters. The second kappa shape index (κ2) is 5.39. The molecule has 0 saturated heterocycles.